The van der Waals surface area contributed by atoms with Gasteiger partial charge in [-0.15, -0.1) is 0 Å². The highest BCUT2D eigenvalue weighted by atomic mass is 16.3. The number of furan rings is 1. The average Bonchev–Trinajstić information content (AvgIpc) is 3.32. The van der Waals surface area contributed by atoms with E-state index in [-0.39, 0.29) is 24.4 Å². The highest BCUT2D eigenvalue weighted by molar-refractivity contribution is 5.92. The summed E-state index contributed by atoms with van der Waals surface area (Å²) in [6, 6.07) is 21.6. The van der Waals surface area contributed by atoms with Crippen LogP contribution in [0.2, 0.25) is 0 Å². The number of amides is 3. The van der Waals surface area contributed by atoms with Crippen molar-refractivity contribution < 1.29 is 14.0 Å². The standard InChI is InChI=1S/C26H28N4O3/c1-20(2)16-30(26(32)28-23-12-10-21(15-27)11-13-23)19-25(31)29(18-24-9-6-14-33-24)17-22-7-4-3-5-8-22/h3-14,20H,16-19H2,1-2H3,(H,28,32). The first-order chi connectivity index (χ1) is 15.9. The topological polar surface area (TPSA) is 89.6 Å². The maximum Gasteiger partial charge on any atom is 0.322 e. The zero-order valence-corrected chi connectivity index (χ0v) is 18.9. The summed E-state index contributed by atoms with van der Waals surface area (Å²) in [6.45, 7) is 5.08. The molecule has 0 aliphatic carbocycles. The molecular formula is C26H28N4O3. The second-order valence-electron chi connectivity index (χ2n) is 8.21. The van der Waals surface area contributed by atoms with E-state index in [1.807, 2.05) is 50.2 Å². The molecule has 7 heteroatoms. The second-order valence-corrected chi connectivity index (χ2v) is 8.21. The van der Waals surface area contributed by atoms with Gasteiger partial charge in [0.2, 0.25) is 5.91 Å². The van der Waals surface area contributed by atoms with Crippen LogP contribution in [0.5, 0.6) is 0 Å². The van der Waals surface area contributed by atoms with Gasteiger partial charge in [0.05, 0.1) is 24.4 Å². The van der Waals surface area contributed by atoms with Crippen molar-refractivity contribution in [1.82, 2.24) is 9.80 Å². The molecule has 0 fully saturated rings. The third kappa shape index (κ3) is 7.25. The van der Waals surface area contributed by atoms with Gasteiger partial charge in [-0.2, -0.15) is 5.26 Å². The number of benzene rings is 2. The molecule has 170 valence electrons. The molecule has 3 rings (SSSR count). The summed E-state index contributed by atoms with van der Waals surface area (Å²) in [6.07, 6.45) is 1.58. The van der Waals surface area contributed by atoms with Crippen molar-refractivity contribution in [2.45, 2.75) is 26.9 Å². The van der Waals surface area contributed by atoms with Crippen LogP contribution in [0.15, 0.2) is 77.4 Å². The smallest absolute Gasteiger partial charge is 0.322 e. The van der Waals surface area contributed by atoms with E-state index in [9.17, 15) is 9.59 Å². The molecule has 1 aromatic heterocycles. The summed E-state index contributed by atoms with van der Waals surface area (Å²) in [5.74, 6) is 0.680. The Balaban J connectivity index is 1.74. The van der Waals surface area contributed by atoms with E-state index in [0.717, 1.165) is 5.56 Å². The SMILES string of the molecule is CC(C)CN(CC(=O)N(Cc1ccccc1)Cc1ccco1)C(=O)Nc1ccc(C#N)cc1. The molecule has 0 aliphatic rings. The van der Waals surface area contributed by atoms with Crippen molar-refractivity contribution in [3.05, 3.63) is 89.9 Å². The average molecular weight is 445 g/mol. The molecule has 0 saturated heterocycles. The van der Waals surface area contributed by atoms with Gasteiger partial charge in [0, 0.05) is 18.8 Å². The second kappa shape index (κ2) is 11.5. The molecule has 0 atom stereocenters. The minimum atomic E-state index is -0.362. The van der Waals surface area contributed by atoms with Gasteiger partial charge < -0.3 is 19.5 Å². The van der Waals surface area contributed by atoms with E-state index < -0.39 is 0 Å². The fourth-order valence-corrected chi connectivity index (χ4v) is 3.38. The van der Waals surface area contributed by atoms with Gasteiger partial charge in [0.1, 0.15) is 12.3 Å². The number of carbonyl (C=O) groups is 2. The molecule has 7 nitrogen and oxygen atoms in total. The van der Waals surface area contributed by atoms with Crippen molar-refractivity contribution in [3.63, 3.8) is 0 Å². The number of nitrogens with one attached hydrogen (secondary N) is 1. The zero-order chi connectivity index (χ0) is 23.6. The predicted molar refractivity (Wildman–Crippen MR) is 126 cm³/mol. The molecule has 0 bridgehead atoms. The lowest BCUT2D eigenvalue weighted by Gasteiger charge is -2.28. The van der Waals surface area contributed by atoms with Crippen molar-refractivity contribution in [2.75, 3.05) is 18.4 Å². The van der Waals surface area contributed by atoms with Crippen LogP contribution in [-0.4, -0.2) is 34.8 Å². The number of nitriles is 1. The fraction of sp³-hybridized carbons (Fsp3) is 0.269. The molecule has 0 saturated carbocycles. The summed E-state index contributed by atoms with van der Waals surface area (Å²) in [5, 5.41) is 11.8. The first-order valence-electron chi connectivity index (χ1n) is 10.8. The molecule has 3 aromatic rings. The van der Waals surface area contributed by atoms with Crippen LogP contribution in [0.25, 0.3) is 0 Å². The van der Waals surface area contributed by atoms with E-state index >= 15 is 0 Å². The number of carbonyl (C=O) groups excluding carboxylic acids is 2. The van der Waals surface area contributed by atoms with Crippen molar-refractivity contribution in [2.24, 2.45) is 5.92 Å². The van der Waals surface area contributed by atoms with Crippen LogP contribution in [0, 0.1) is 17.2 Å². The lowest BCUT2D eigenvalue weighted by molar-refractivity contribution is -0.133. The van der Waals surface area contributed by atoms with Gasteiger partial charge in [-0.3, -0.25) is 4.79 Å². The van der Waals surface area contributed by atoms with Crippen molar-refractivity contribution in [1.29, 1.82) is 5.26 Å². The predicted octanol–water partition coefficient (Wildman–Crippen LogP) is 4.87. The number of anilines is 1. The monoisotopic (exact) mass is 444 g/mol. The van der Waals surface area contributed by atoms with Crippen LogP contribution >= 0.6 is 0 Å². The lowest BCUT2D eigenvalue weighted by Crippen LogP contribution is -2.45. The molecule has 0 spiro atoms. The molecule has 0 radical (unpaired) electrons. The Morgan fingerprint density at radius 2 is 1.70 bits per heavy atom. The summed E-state index contributed by atoms with van der Waals surface area (Å²) in [4.78, 5) is 29.5. The Morgan fingerprint density at radius 3 is 2.30 bits per heavy atom. The number of nitrogens with zero attached hydrogens (tertiary/aromatic N) is 3. The van der Waals surface area contributed by atoms with E-state index in [0.29, 0.717) is 36.6 Å². The van der Waals surface area contributed by atoms with Gasteiger partial charge in [0.25, 0.3) is 0 Å². The molecule has 2 aromatic carbocycles. The van der Waals surface area contributed by atoms with Crippen LogP contribution in [0.4, 0.5) is 10.5 Å². The summed E-state index contributed by atoms with van der Waals surface area (Å²) < 4.78 is 5.46. The Hall–Kier alpha value is -4.05. The fourth-order valence-electron chi connectivity index (χ4n) is 3.38. The van der Waals surface area contributed by atoms with Crippen LogP contribution in [-0.2, 0) is 17.9 Å². The number of rotatable bonds is 9. The summed E-state index contributed by atoms with van der Waals surface area (Å²) >= 11 is 0. The van der Waals surface area contributed by atoms with Gasteiger partial charge in [-0.05, 0) is 47.9 Å². The normalized spacial score (nSPS) is 10.5. The molecular weight excluding hydrogens is 416 g/mol. The van der Waals surface area contributed by atoms with Gasteiger partial charge in [-0.25, -0.2) is 4.79 Å². The van der Waals surface area contributed by atoms with E-state index in [1.165, 1.54) is 4.90 Å². The molecule has 33 heavy (non-hydrogen) atoms. The number of urea groups is 1. The largest absolute Gasteiger partial charge is 0.467 e. The molecule has 0 unspecified atom stereocenters. The van der Waals surface area contributed by atoms with E-state index in [1.54, 1.807) is 41.5 Å². The van der Waals surface area contributed by atoms with E-state index in [4.69, 9.17) is 9.68 Å². The van der Waals surface area contributed by atoms with E-state index in [2.05, 4.69) is 11.4 Å². The minimum absolute atomic E-state index is 0.0617. The molecule has 3 amide bonds. The van der Waals surface area contributed by atoms with Crippen LogP contribution < -0.4 is 5.32 Å². The first-order valence-corrected chi connectivity index (χ1v) is 10.8. The molecule has 0 aliphatic heterocycles. The van der Waals surface area contributed by atoms with Gasteiger partial charge in [-0.1, -0.05) is 44.2 Å². The Morgan fingerprint density at radius 1 is 0.970 bits per heavy atom. The Bertz CT molecular complexity index is 1070. The van der Waals surface area contributed by atoms with Crippen molar-refractivity contribution >= 4 is 17.6 Å². The number of hydrogen-bond donors (Lipinski definition) is 1. The zero-order valence-electron chi connectivity index (χ0n) is 18.9. The first kappa shape index (κ1) is 23.6. The summed E-state index contributed by atoms with van der Waals surface area (Å²) in [7, 11) is 0. The Kier molecular flexibility index (Phi) is 8.25. The lowest BCUT2D eigenvalue weighted by atomic mass is 10.2. The highest BCUT2D eigenvalue weighted by Gasteiger charge is 2.23. The molecule has 1 N–H and O–H groups in total. The third-order valence-electron chi connectivity index (χ3n) is 4.96. The maximum atomic E-state index is 13.3. The quantitative estimate of drug-likeness (QED) is 0.510. The number of hydrogen-bond acceptors (Lipinski definition) is 4. The molecule has 1 heterocycles. The summed E-state index contributed by atoms with van der Waals surface area (Å²) in [5.41, 5.74) is 2.07. The van der Waals surface area contributed by atoms with Crippen molar-refractivity contribution in [3.8, 4) is 6.07 Å². The highest BCUT2D eigenvalue weighted by Crippen LogP contribution is 2.14. The van der Waals surface area contributed by atoms with Crippen LogP contribution in [0.1, 0.15) is 30.7 Å². The third-order valence-corrected chi connectivity index (χ3v) is 4.96. The Labute approximate surface area is 194 Å². The van der Waals surface area contributed by atoms with Crippen LogP contribution in [0.3, 0.4) is 0 Å². The van der Waals surface area contributed by atoms with Gasteiger partial charge in [0.15, 0.2) is 0 Å². The maximum absolute atomic E-state index is 13.3. The van der Waals surface area contributed by atoms with Gasteiger partial charge >= 0.3 is 6.03 Å². The minimum Gasteiger partial charge on any atom is -0.467 e.